The van der Waals surface area contributed by atoms with Crippen molar-refractivity contribution in [2.24, 2.45) is 0 Å². The Morgan fingerprint density at radius 3 is 2.10 bits per heavy atom. The van der Waals surface area contributed by atoms with Gasteiger partial charge in [-0.05, 0) is 43.6 Å². The van der Waals surface area contributed by atoms with E-state index in [0.29, 0.717) is 0 Å². The maximum Gasteiger partial charge on any atom is -0.0157 e. The van der Waals surface area contributed by atoms with E-state index in [-0.39, 0.29) is 0 Å². The van der Waals surface area contributed by atoms with Gasteiger partial charge in [-0.1, -0.05) is 12.2 Å². The van der Waals surface area contributed by atoms with Crippen LogP contribution in [-0.2, 0) is 0 Å². The molecular weight excluding hydrogens is 120 g/mol. The summed E-state index contributed by atoms with van der Waals surface area (Å²) in [4.78, 5) is 0. The van der Waals surface area contributed by atoms with E-state index in [1.165, 1.54) is 11.1 Å². The Hall–Kier alpha value is -1.00. The lowest BCUT2D eigenvalue weighted by Gasteiger charge is -1.93. The Kier molecular flexibility index (Phi) is 2.30. The largest absolute Gasteiger partial charge is 0.120 e. The molecule has 0 spiro atoms. The van der Waals surface area contributed by atoms with Crippen molar-refractivity contribution in [2.75, 3.05) is 0 Å². The molecule has 52 valence electrons. The first-order valence-corrected chi connectivity index (χ1v) is 3.55. The van der Waals surface area contributed by atoms with Gasteiger partial charge >= 0.3 is 0 Å². The predicted molar refractivity (Wildman–Crippen MR) is 44.8 cm³/mol. The fraction of sp³-hybridized carbons (Fsp3) is 0.300. The summed E-state index contributed by atoms with van der Waals surface area (Å²) in [6.07, 6.45) is 9.46. The summed E-state index contributed by atoms with van der Waals surface area (Å²) in [6, 6.07) is 0. The fourth-order valence-corrected chi connectivity index (χ4v) is 0.853. The summed E-state index contributed by atoms with van der Waals surface area (Å²) in [5, 5.41) is 0. The molecule has 0 amide bonds. The Morgan fingerprint density at radius 1 is 1.10 bits per heavy atom. The third kappa shape index (κ3) is 2.08. The zero-order chi connectivity index (χ0) is 7.40. The Bertz CT molecular complexity index is 211. The first-order chi connectivity index (χ1) is 4.79. The van der Waals surface area contributed by atoms with Crippen LogP contribution in [0.2, 0.25) is 0 Å². The minimum atomic E-state index is 1.05. The standard InChI is InChI=1S/C10H12/c1-9-5-3-7-10(2)8-4-6-9/h5-8H,3H2,1-2H3/b9-5-,10-7-. The van der Waals surface area contributed by atoms with Crippen LogP contribution in [0.25, 0.3) is 0 Å². The van der Waals surface area contributed by atoms with Gasteiger partial charge in [-0.3, -0.25) is 0 Å². The normalized spacial score (nSPS) is 27.8. The Labute approximate surface area is 62.3 Å². The van der Waals surface area contributed by atoms with Crippen molar-refractivity contribution in [1.29, 1.82) is 0 Å². The van der Waals surface area contributed by atoms with Gasteiger partial charge in [0, 0.05) is 0 Å². The molecule has 0 heterocycles. The van der Waals surface area contributed by atoms with E-state index in [0.717, 1.165) is 6.42 Å². The van der Waals surface area contributed by atoms with Crippen molar-refractivity contribution in [3.05, 3.63) is 41.2 Å². The van der Waals surface area contributed by atoms with Crippen LogP contribution in [0, 0.1) is 0 Å². The first kappa shape index (κ1) is 7.11. The molecule has 1 aliphatic rings. The van der Waals surface area contributed by atoms with E-state index >= 15 is 0 Å². The molecule has 0 aromatic carbocycles. The maximum absolute atomic E-state index is 3.10. The molecular formula is C10H12. The average molecular weight is 132 g/mol. The molecule has 0 bridgehead atoms. The third-order valence-corrected chi connectivity index (χ3v) is 1.50. The summed E-state index contributed by atoms with van der Waals surface area (Å²) < 4.78 is 0. The lowest BCUT2D eigenvalue weighted by Crippen LogP contribution is -1.73. The second-order valence-electron chi connectivity index (χ2n) is 2.59. The molecule has 0 unspecified atom stereocenters. The first-order valence-electron chi connectivity index (χ1n) is 3.55. The summed E-state index contributed by atoms with van der Waals surface area (Å²) in [6.45, 7) is 4.19. The highest BCUT2D eigenvalue weighted by Crippen LogP contribution is 2.04. The summed E-state index contributed by atoms with van der Waals surface area (Å²) in [5.74, 6) is 0. The second-order valence-corrected chi connectivity index (χ2v) is 2.59. The van der Waals surface area contributed by atoms with Crippen molar-refractivity contribution in [1.82, 2.24) is 0 Å². The zero-order valence-electron chi connectivity index (χ0n) is 6.52. The molecule has 0 saturated heterocycles. The van der Waals surface area contributed by atoms with Crippen molar-refractivity contribution >= 4 is 0 Å². The Balaban J connectivity index is 2.88. The van der Waals surface area contributed by atoms with Crippen molar-refractivity contribution in [2.45, 2.75) is 20.3 Å². The number of allylic oxidation sites excluding steroid dienone is 5. The third-order valence-electron chi connectivity index (χ3n) is 1.50. The van der Waals surface area contributed by atoms with Crippen LogP contribution in [0.1, 0.15) is 20.3 Å². The molecule has 0 nitrogen and oxygen atoms in total. The molecule has 10 heavy (non-hydrogen) atoms. The Morgan fingerprint density at radius 2 is 1.60 bits per heavy atom. The van der Waals surface area contributed by atoms with Crippen LogP contribution >= 0.6 is 0 Å². The van der Waals surface area contributed by atoms with Gasteiger partial charge in [0.05, 0.1) is 0 Å². The minimum Gasteiger partial charge on any atom is -0.120 e. The number of hydrogen-bond acceptors (Lipinski definition) is 0. The molecule has 1 aliphatic carbocycles. The van der Waals surface area contributed by atoms with Crippen LogP contribution in [0.3, 0.4) is 0 Å². The van der Waals surface area contributed by atoms with E-state index < -0.39 is 0 Å². The quantitative estimate of drug-likeness (QED) is 0.444. The monoisotopic (exact) mass is 132 g/mol. The van der Waals surface area contributed by atoms with E-state index in [1.807, 2.05) is 12.2 Å². The van der Waals surface area contributed by atoms with Gasteiger partial charge in [0.2, 0.25) is 0 Å². The van der Waals surface area contributed by atoms with E-state index in [9.17, 15) is 0 Å². The molecule has 0 aliphatic heterocycles. The topological polar surface area (TPSA) is 0 Å². The molecule has 0 saturated carbocycles. The van der Waals surface area contributed by atoms with E-state index in [4.69, 9.17) is 0 Å². The van der Waals surface area contributed by atoms with Gasteiger partial charge < -0.3 is 0 Å². The summed E-state index contributed by atoms with van der Waals surface area (Å²) in [7, 11) is 0. The number of rotatable bonds is 0. The lowest BCUT2D eigenvalue weighted by atomic mass is 10.1. The molecule has 0 N–H and O–H groups in total. The van der Waals surface area contributed by atoms with Gasteiger partial charge in [-0.15, -0.1) is 5.73 Å². The average Bonchev–Trinajstić information content (AvgIpc) is 1.84. The van der Waals surface area contributed by atoms with Gasteiger partial charge in [0.25, 0.3) is 0 Å². The second kappa shape index (κ2) is 3.24. The van der Waals surface area contributed by atoms with Crippen LogP contribution < -0.4 is 0 Å². The molecule has 0 heteroatoms. The highest BCUT2D eigenvalue weighted by molar-refractivity contribution is 5.25. The van der Waals surface area contributed by atoms with Gasteiger partial charge in [0.15, 0.2) is 0 Å². The molecule has 0 fully saturated rings. The summed E-state index contributed by atoms with van der Waals surface area (Å²) >= 11 is 0. The highest BCUT2D eigenvalue weighted by atomic mass is 13.9. The predicted octanol–water partition coefficient (Wildman–Crippen LogP) is 2.99. The molecule has 0 radical (unpaired) electrons. The van der Waals surface area contributed by atoms with Crippen LogP contribution in [0.15, 0.2) is 41.2 Å². The fourth-order valence-electron chi connectivity index (χ4n) is 0.853. The smallest absolute Gasteiger partial charge is 0.0157 e. The molecule has 0 atom stereocenters. The highest BCUT2D eigenvalue weighted by Gasteiger charge is 1.84. The maximum atomic E-state index is 3.10. The van der Waals surface area contributed by atoms with Crippen LogP contribution in [0.4, 0.5) is 0 Å². The molecule has 0 aromatic heterocycles. The lowest BCUT2D eigenvalue weighted by molar-refractivity contribution is 1.28. The van der Waals surface area contributed by atoms with Gasteiger partial charge in [0.1, 0.15) is 0 Å². The SMILES string of the molecule is C/C1=C/C/C=C(/C)C=C=C1. The van der Waals surface area contributed by atoms with E-state index in [2.05, 4.69) is 31.7 Å². The van der Waals surface area contributed by atoms with Gasteiger partial charge in [-0.2, -0.15) is 0 Å². The summed E-state index contributed by atoms with van der Waals surface area (Å²) in [5.41, 5.74) is 5.68. The van der Waals surface area contributed by atoms with E-state index in [1.54, 1.807) is 0 Å². The minimum absolute atomic E-state index is 1.05. The van der Waals surface area contributed by atoms with Crippen LogP contribution in [-0.4, -0.2) is 0 Å². The van der Waals surface area contributed by atoms with Crippen molar-refractivity contribution < 1.29 is 0 Å². The molecule has 1 rings (SSSR count). The zero-order valence-corrected chi connectivity index (χ0v) is 6.52. The molecule has 0 aromatic rings. The number of hydrogen-bond donors (Lipinski definition) is 0. The van der Waals surface area contributed by atoms with Gasteiger partial charge in [-0.25, -0.2) is 0 Å². The van der Waals surface area contributed by atoms with Crippen LogP contribution in [0.5, 0.6) is 0 Å². The van der Waals surface area contributed by atoms with Crippen molar-refractivity contribution in [3.8, 4) is 0 Å². The van der Waals surface area contributed by atoms with Crippen molar-refractivity contribution in [3.63, 3.8) is 0 Å².